The Morgan fingerprint density at radius 1 is 1.00 bits per heavy atom. The van der Waals surface area contributed by atoms with E-state index < -0.39 is 0 Å². The first-order chi connectivity index (χ1) is 0. The molecule has 0 aliphatic heterocycles. The van der Waals surface area contributed by atoms with Crippen LogP contribution in [0, 0.1) is 0 Å². The van der Waals surface area contributed by atoms with E-state index in [2.05, 4.69) is 0 Å². The summed E-state index contributed by atoms with van der Waals surface area (Å²) in [5.41, 5.74) is 0. The molecule has 9 heavy (non-hydrogen) atoms. The van der Waals surface area contributed by atoms with Crippen molar-refractivity contribution in [1.29, 1.82) is 0 Å². The first-order valence-corrected chi connectivity index (χ1v) is 0. The normalized spacial score (nSPS) is 0. The average Bonchev–Trinajstić information content (AvgIpc) is 0. The Hall–Kier alpha value is 4.91. The molecule has 0 aromatic heterocycles. The molecule has 0 N–H and O–H groups in total. The molecule has 0 atom stereocenters. The van der Waals surface area contributed by atoms with E-state index in [1.54, 1.807) is 0 Å². The summed E-state index contributed by atoms with van der Waals surface area (Å²) in [6, 6.07) is 0. The molecule has 0 saturated heterocycles. The van der Waals surface area contributed by atoms with Crippen molar-refractivity contribution in [1.82, 2.24) is 0 Å². The third-order valence-corrected chi connectivity index (χ3v) is 0. The van der Waals surface area contributed by atoms with E-state index >= 15 is 0 Å². The summed E-state index contributed by atoms with van der Waals surface area (Å²) in [5.74, 6) is 0. The van der Waals surface area contributed by atoms with Crippen LogP contribution in [-0.2, 0) is 126 Å². The van der Waals surface area contributed by atoms with Crippen LogP contribution in [0.4, 0.5) is 0 Å². The minimum Gasteiger partial charge on any atom is -0.0149 e. The molecule has 0 aromatic carbocycles. The summed E-state index contributed by atoms with van der Waals surface area (Å²) < 4.78 is 0. The molecule has 0 aromatic rings. The Morgan fingerprint density at radius 2 is 1.00 bits per heavy atom. The molecule has 0 bridgehead atoms. The second-order valence-corrected chi connectivity index (χ2v) is 0. The van der Waals surface area contributed by atoms with Gasteiger partial charge in [0.2, 0.25) is 0 Å². The van der Waals surface area contributed by atoms with Crippen molar-refractivity contribution in [2.75, 3.05) is 0 Å². The van der Waals surface area contributed by atoms with Crippen molar-refractivity contribution < 1.29 is 126 Å². The van der Waals surface area contributed by atoms with Crippen molar-refractivity contribution in [3.8, 4) is 0 Å². The van der Waals surface area contributed by atoms with Gasteiger partial charge in [-0.1, -0.05) is 0 Å². The van der Waals surface area contributed by atoms with Crippen LogP contribution in [-0.4, -0.2) is 34.0 Å². The van der Waals surface area contributed by atoms with E-state index in [9.17, 15) is 0 Å². The van der Waals surface area contributed by atoms with E-state index in [-0.39, 0.29) is 160 Å². The Kier molecular flexibility index (Phi) is 813. The van der Waals surface area contributed by atoms with Crippen LogP contribution in [0.2, 0.25) is 0 Å². The van der Waals surface area contributed by atoms with Crippen LogP contribution in [0.15, 0.2) is 0 Å². The second-order valence-electron chi connectivity index (χ2n) is 0. The second kappa shape index (κ2) is 76.0. The van der Waals surface area contributed by atoms with E-state index in [1.165, 1.54) is 0 Å². The molecule has 0 amide bonds. The molecule has 60 valence electrons. The van der Waals surface area contributed by atoms with Gasteiger partial charge in [-0.2, -0.15) is 0 Å². The fourth-order valence-electron chi connectivity index (χ4n) is 0. The Labute approximate surface area is 157 Å². The maximum absolute atomic E-state index is 0. The monoisotopic (exact) mass is 454 g/mol. The summed E-state index contributed by atoms with van der Waals surface area (Å²) in [7, 11) is 0. The standard InChI is InChI=1S/Cr.Cu.Fe.Mg.Mn.Ni.H4Si.Ti.Zn.2H/h;;;;;;1H4;;;;. The summed E-state index contributed by atoms with van der Waals surface area (Å²) in [6.07, 6.45) is 0. The minimum absolute atomic E-state index is 0. The smallest absolute Gasteiger partial charge is 0.0149 e. The van der Waals surface area contributed by atoms with Crippen LogP contribution in [0.5, 0.6) is 0 Å². The molecular formula is H6CrCuFeMgMnNiSiTiZn. The van der Waals surface area contributed by atoms with Gasteiger partial charge >= 0.3 is 23.1 Å². The van der Waals surface area contributed by atoms with Gasteiger partial charge in [0.1, 0.15) is 0 Å². The number of hydrogen-bond donors (Lipinski definition) is 0. The Morgan fingerprint density at radius 3 is 1.00 bits per heavy atom. The van der Waals surface area contributed by atoms with Crippen molar-refractivity contribution in [3.05, 3.63) is 0 Å². The fourth-order valence-corrected chi connectivity index (χ4v) is 0. The van der Waals surface area contributed by atoms with Gasteiger partial charge in [-0.15, -0.1) is 0 Å². The maximum atomic E-state index is 0. The fraction of sp³-hybridized carbons (Fsp3) is 0. The first-order valence-electron chi connectivity index (χ1n) is 0. The molecular weight excluding hydrogens is 451 g/mol. The van der Waals surface area contributed by atoms with Crippen molar-refractivity contribution >= 4 is 34.0 Å². The molecule has 2 radical (unpaired) electrons. The van der Waals surface area contributed by atoms with E-state index in [4.69, 9.17) is 0 Å². The number of rotatable bonds is 0. The predicted octanol–water partition coefficient (Wildman–Crippen LogP) is -2.39. The molecule has 0 spiro atoms. The van der Waals surface area contributed by atoms with Gasteiger partial charge in [0, 0.05) is 126 Å². The van der Waals surface area contributed by atoms with Gasteiger partial charge in [0.15, 0.2) is 0 Å². The SMILES string of the molecule is [Cr].[Cu].[Fe].[MgH2].[Mn].[Ni].[SiH4].[Ti].[Zn]. The predicted molar refractivity (Wildman–Crippen MR) is 19.9 cm³/mol. The zero-order chi connectivity index (χ0) is 0. The quantitative estimate of drug-likeness (QED) is 0.357. The van der Waals surface area contributed by atoms with Gasteiger partial charge in [-0.05, 0) is 11.0 Å². The van der Waals surface area contributed by atoms with Crippen LogP contribution < -0.4 is 0 Å². The maximum Gasteiger partial charge on any atom is 0.316 e. The third-order valence-electron chi connectivity index (χ3n) is 0. The molecule has 0 fully saturated rings. The van der Waals surface area contributed by atoms with E-state index in [0.717, 1.165) is 0 Å². The van der Waals surface area contributed by atoms with Crippen LogP contribution in [0.3, 0.4) is 0 Å². The summed E-state index contributed by atoms with van der Waals surface area (Å²) in [4.78, 5) is 0. The van der Waals surface area contributed by atoms with Crippen LogP contribution in [0.25, 0.3) is 0 Å². The molecule has 0 nitrogen and oxygen atoms in total. The van der Waals surface area contributed by atoms with Crippen molar-refractivity contribution in [3.63, 3.8) is 0 Å². The topological polar surface area (TPSA) is 0 Å². The molecule has 0 unspecified atom stereocenters. The van der Waals surface area contributed by atoms with Gasteiger partial charge in [-0.25, -0.2) is 0 Å². The Bertz CT molecular complexity index is 28.5. The third kappa shape index (κ3) is 63.8. The molecule has 0 rings (SSSR count). The molecule has 0 heterocycles. The van der Waals surface area contributed by atoms with E-state index in [0.29, 0.717) is 0 Å². The molecule has 0 aliphatic rings. The summed E-state index contributed by atoms with van der Waals surface area (Å²) >= 11 is 0. The summed E-state index contributed by atoms with van der Waals surface area (Å²) in [5, 5.41) is 0. The van der Waals surface area contributed by atoms with Crippen LogP contribution >= 0.6 is 0 Å². The first kappa shape index (κ1) is 96.2. The zero-order valence-corrected chi connectivity index (χ0v) is 13.0. The van der Waals surface area contributed by atoms with Gasteiger partial charge in [0.05, 0.1) is 0 Å². The van der Waals surface area contributed by atoms with Gasteiger partial charge in [0.25, 0.3) is 0 Å². The van der Waals surface area contributed by atoms with Gasteiger partial charge < -0.3 is 0 Å². The minimum atomic E-state index is 0. The van der Waals surface area contributed by atoms with E-state index in [1.807, 2.05) is 0 Å². The molecule has 0 saturated carbocycles. The molecule has 9 heteroatoms. The summed E-state index contributed by atoms with van der Waals surface area (Å²) in [6.45, 7) is 0. The Balaban J connectivity index is 0. The largest absolute Gasteiger partial charge is 0.316 e. The van der Waals surface area contributed by atoms with Crippen LogP contribution in [0.1, 0.15) is 0 Å². The van der Waals surface area contributed by atoms with Crippen molar-refractivity contribution in [2.24, 2.45) is 0 Å². The molecule has 0 aliphatic carbocycles. The van der Waals surface area contributed by atoms with Crippen molar-refractivity contribution in [2.45, 2.75) is 0 Å². The average molecular weight is 457 g/mol. The number of hydrogen-bond acceptors (Lipinski definition) is 0. The van der Waals surface area contributed by atoms with Gasteiger partial charge in [-0.3, -0.25) is 0 Å². The zero-order valence-electron chi connectivity index (χ0n) is 2.96.